The van der Waals surface area contributed by atoms with Crippen LogP contribution in [0.1, 0.15) is 11.7 Å². The molecule has 0 atom stereocenters. The third-order valence-electron chi connectivity index (χ3n) is 1.99. The summed E-state index contributed by atoms with van der Waals surface area (Å²) in [6, 6.07) is 0. The Morgan fingerprint density at radius 1 is 1.56 bits per heavy atom. The highest BCUT2D eigenvalue weighted by Crippen LogP contribution is 1.99. The lowest BCUT2D eigenvalue weighted by molar-refractivity contribution is 0.379. The third-order valence-corrected chi connectivity index (χ3v) is 1.99. The number of nitrogens with zero attached hydrogens (tertiary/aromatic N) is 4. The molecule has 84 valence electrons. The lowest BCUT2D eigenvalue weighted by atomic mass is 10.5. The smallest absolute Gasteiger partial charge is 0.293 e. The topological polar surface area (TPSA) is 85.8 Å². The second kappa shape index (κ2) is 4.13. The lowest BCUT2D eigenvalue weighted by Gasteiger charge is -2.02. The van der Waals surface area contributed by atoms with Crippen LogP contribution in [0.25, 0.3) is 0 Å². The number of rotatable bonds is 3. The van der Waals surface area contributed by atoms with Crippen LogP contribution in [0.4, 0.5) is 5.82 Å². The van der Waals surface area contributed by atoms with E-state index in [0.717, 1.165) is 0 Å². The fraction of sp³-hybridized carbons (Fsp3) is 0.333. The summed E-state index contributed by atoms with van der Waals surface area (Å²) in [5.41, 5.74) is -0.196. The van der Waals surface area contributed by atoms with E-state index in [1.807, 2.05) is 0 Å². The molecule has 0 fully saturated rings. The van der Waals surface area contributed by atoms with E-state index >= 15 is 0 Å². The van der Waals surface area contributed by atoms with E-state index in [4.69, 9.17) is 4.52 Å². The Morgan fingerprint density at radius 2 is 2.38 bits per heavy atom. The van der Waals surface area contributed by atoms with Gasteiger partial charge in [0.25, 0.3) is 5.56 Å². The van der Waals surface area contributed by atoms with Crippen molar-refractivity contribution in [2.45, 2.75) is 13.5 Å². The van der Waals surface area contributed by atoms with Gasteiger partial charge in [0.1, 0.15) is 0 Å². The van der Waals surface area contributed by atoms with Crippen LogP contribution in [0.2, 0.25) is 0 Å². The summed E-state index contributed by atoms with van der Waals surface area (Å²) < 4.78 is 6.33. The summed E-state index contributed by atoms with van der Waals surface area (Å²) >= 11 is 0. The predicted molar refractivity (Wildman–Crippen MR) is 55.8 cm³/mol. The molecule has 2 rings (SSSR count). The summed E-state index contributed by atoms with van der Waals surface area (Å²) in [5.74, 6) is 1.25. The highest BCUT2D eigenvalue weighted by Gasteiger charge is 2.05. The van der Waals surface area contributed by atoms with Crippen LogP contribution >= 0.6 is 0 Å². The van der Waals surface area contributed by atoms with Crippen LogP contribution in [-0.4, -0.2) is 19.7 Å². The molecular weight excluding hydrogens is 210 g/mol. The highest BCUT2D eigenvalue weighted by atomic mass is 16.5. The Kier molecular flexibility index (Phi) is 2.67. The Hall–Kier alpha value is -2.18. The number of anilines is 1. The van der Waals surface area contributed by atoms with Crippen molar-refractivity contribution < 1.29 is 4.52 Å². The molecule has 1 N–H and O–H groups in total. The van der Waals surface area contributed by atoms with Gasteiger partial charge in [0, 0.05) is 19.4 Å². The maximum Gasteiger partial charge on any atom is 0.293 e. The quantitative estimate of drug-likeness (QED) is 0.790. The van der Waals surface area contributed by atoms with Gasteiger partial charge in [-0.25, -0.2) is 4.98 Å². The highest BCUT2D eigenvalue weighted by molar-refractivity contribution is 5.30. The van der Waals surface area contributed by atoms with Crippen molar-refractivity contribution in [3.05, 3.63) is 34.5 Å². The molecule has 0 saturated heterocycles. The number of aromatic nitrogens is 4. The third kappa shape index (κ3) is 2.08. The molecule has 0 amide bonds. The summed E-state index contributed by atoms with van der Waals surface area (Å²) in [7, 11) is 1.66. The molecule has 2 aromatic rings. The van der Waals surface area contributed by atoms with Gasteiger partial charge in [-0.2, -0.15) is 4.98 Å². The number of hydrogen-bond acceptors (Lipinski definition) is 6. The molecule has 7 heteroatoms. The van der Waals surface area contributed by atoms with Gasteiger partial charge in [-0.05, 0) is 6.92 Å². The molecule has 0 aliphatic heterocycles. The summed E-state index contributed by atoms with van der Waals surface area (Å²) in [4.78, 5) is 19.5. The molecule has 0 aromatic carbocycles. The predicted octanol–water partition coefficient (Wildman–Crippen LogP) is 0.0838. The molecular formula is C9H11N5O2. The molecule has 7 nitrogen and oxygen atoms in total. The summed E-state index contributed by atoms with van der Waals surface area (Å²) in [6.45, 7) is 2.01. The van der Waals surface area contributed by atoms with E-state index in [9.17, 15) is 4.79 Å². The van der Waals surface area contributed by atoms with Gasteiger partial charge >= 0.3 is 0 Å². The van der Waals surface area contributed by atoms with Crippen molar-refractivity contribution in [1.29, 1.82) is 0 Å². The monoisotopic (exact) mass is 221 g/mol. The first-order chi connectivity index (χ1) is 7.66. The number of nitrogens with one attached hydrogen (secondary N) is 1. The van der Waals surface area contributed by atoms with E-state index in [1.165, 1.54) is 4.57 Å². The van der Waals surface area contributed by atoms with Crippen LogP contribution in [0, 0.1) is 6.92 Å². The second-order valence-corrected chi connectivity index (χ2v) is 3.28. The van der Waals surface area contributed by atoms with Gasteiger partial charge in [0.2, 0.25) is 5.89 Å². The Bertz CT molecular complexity index is 545. The zero-order valence-corrected chi connectivity index (χ0v) is 8.97. The fourth-order valence-electron chi connectivity index (χ4n) is 1.19. The zero-order valence-electron chi connectivity index (χ0n) is 8.97. The van der Waals surface area contributed by atoms with Crippen molar-refractivity contribution in [3.8, 4) is 0 Å². The maximum absolute atomic E-state index is 11.6. The number of hydrogen-bond donors (Lipinski definition) is 1. The van der Waals surface area contributed by atoms with Gasteiger partial charge in [-0.1, -0.05) is 5.16 Å². The van der Waals surface area contributed by atoms with Crippen molar-refractivity contribution in [1.82, 2.24) is 19.7 Å². The van der Waals surface area contributed by atoms with Crippen molar-refractivity contribution in [2.75, 3.05) is 5.32 Å². The molecule has 0 saturated carbocycles. The van der Waals surface area contributed by atoms with E-state index in [1.54, 1.807) is 26.4 Å². The van der Waals surface area contributed by atoms with E-state index < -0.39 is 0 Å². The van der Waals surface area contributed by atoms with Crippen LogP contribution in [0.3, 0.4) is 0 Å². The molecule has 16 heavy (non-hydrogen) atoms. The van der Waals surface area contributed by atoms with Crippen molar-refractivity contribution >= 4 is 5.82 Å². The summed E-state index contributed by atoms with van der Waals surface area (Å²) in [6.07, 6.45) is 3.13. The molecule has 0 radical (unpaired) electrons. The average Bonchev–Trinajstić information content (AvgIpc) is 2.67. The first kappa shape index (κ1) is 10.3. The molecule has 0 bridgehead atoms. The largest absolute Gasteiger partial charge is 0.356 e. The van der Waals surface area contributed by atoms with Crippen LogP contribution in [0.15, 0.2) is 21.7 Å². The van der Waals surface area contributed by atoms with E-state index in [0.29, 0.717) is 11.7 Å². The molecule has 2 heterocycles. The fourth-order valence-corrected chi connectivity index (χ4v) is 1.19. The molecule has 0 spiro atoms. The van der Waals surface area contributed by atoms with Crippen LogP contribution in [-0.2, 0) is 13.6 Å². The van der Waals surface area contributed by atoms with Gasteiger partial charge in [-0.15, -0.1) is 0 Å². The average molecular weight is 221 g/mol. The molecule has 2 aromatic heterocycles. The number of aryl methyl sites for hydroxylation is 2. The van der Waals surface area contributed by atoms with Crippen molar-refractivity contribution in [3.63, 3.8) is 0 Å². The first-order valence-electron chi connectivity index (χ1n) is 4.71. The minimum absolute atomic E-state index is 0.196. The SMILES string of the molecule is Cc1noc(CNc2nccn(C)c2=O)n1. The maximum atomic E-state index is 11.6. The van der Waals surface area contributed by atoms with Gasteiger partial charge < -0.3 is 14.4 Å². The Labute approximate surface area is 91.1 Å². The standard InChI is InChI=1S/C9H11N5O2/c1-6-12-7(16-13-6)5-11-8-9(15)14(2)4-3-10-8/h3-4H,5H2,1-2H3,(H,10,11). The normalized spacial score (nSPS) is 10.4. The first-order valence-corrected chi connectivity index (χ1v) is 4.71. The lowest BCUT2D eigenvalue weighted by Crippen LogP contribution is -2.21. The van der Waals surface area contributed by atoms with E-state index in [2.05, 4.69) is 20.4 Å². The molecule has 0 aliphatic rings. The van der Waals surface area contributed by atoms with Gasteiger partial charge in [0.15, 0.2) is 11.6 Å². The van der Waals surface area contributed by atoms with Crippen LogP contribution < -0.4 is 10.9 Å². The van der Waals surface area contributed by atoms with E-state index in [-0.39, 0.29) is 17.9 Å². The molecule has 0 unspecified atom stereocenters. The van der Waals surface area contributed by atoms with Crippen LogP contribution in [0.5, 0.6) is 0 Å². The molecule has 0 aliphatic carbocycles. The summed E-state index contributed by atoms with van der Waals surface area (Å²) in [5, 5.41) is 6.48. The minimum atomic E-state index is -0.196. The Balaban J connectivity index is 2.11. The van der Waals surface area contributed by atoms with Crippen molar-refractivity contribution in [2.24, 2.45) is 7.05 Å². The second-order valence-electron chi connectivity index (χ2n) is 3.28. The van der Waals surface area contributed by atoms with Gasteiger partial charge in [-0.3, -0.25) is 4.79 Å². The zero-order chi connectivity index (χ0) is 11.5. The minimum Gasteiger partial charge on any atom is -0.356 e. The van der Waals surface area contributed by atoms with Gasteiger partial charge in [0.05, 0.1) is 6.54 Å². The Morgan fingerprint density at radius 3 is 3.06 bits per heavy atom.